The Bertz CT molecular complexity index is 2100. The minimum absolute atomic E-state index is 0.214. The van der Waals surface area contributed by atoms with Gasteiger partial charge in [0.1, 0.15) is 0 Å². The molecule has 0 bridgehead atoms. The smallest absolute Gasteiger partial charge is 0.0543 e. The molecule has 0 radical (unpaired) electrons. The molecule has 0 amide bonds. The number of rotatable bonds is 6. The third-order valence-electron chi connectivity index (χ3n) is 9.41. The van der Waals surface area contributed by atoms with Crippen LogP contribution in [0.2, 0.25) is 0 Å². The lowest BCUT2D eigenvalue weighted by Crippen LogP contribution is -2.19. The van der Waals surface area contributed by atoms with E-state index in [4.69, 9.17) is 0 Å². The zero-order valence-electron chi connectivity index (χ0n) is 26.3. The largest absolute Gasteiger partial charge is 0.310 e. The molecule has 0 atom stereocenters. The van der Waals surface area contributed by atoms with Gasteiger partial charge in [-0.2, -0.15) is 0 Å². The molecule has 0 heterocycles. The van der Waals surface area contributed by atoms with E-state index in [-0.39, 0.29) is 5.41 Å². The zero-order valence-corrected chi connectivity index (χ0v) is 26.3. The lowest BCUT2D eigenvalue weighted by molar-refractivity contribution is 0.661. The van der Waals surface area contributed by atoms with Crippen molar-refractivity contribution in [1.82, 2.24) is 0 Å². The van der Waals surface area contributed by atoms with Crippen molar-refractivity contribution in [2.45, 2.75) is 25.7 Å². The van der Waals surface area contributed by atoms with Gasteiger partial charge < -0.3 is 9.80 Å². The molecule has 0 aromatic heterocycles. The number of fused-ring (bicyclic) bond motifs is 5. The van der Waals surface area contributed by atoms with Gasteiger partial charge in [0.05, 0.1) is 5.69 Å². The number of hydrogen-bond donors (Lipinski definition) is 0. The van der Waals surface area contributed by atoms with Crippen LogP contribution in [0.5, 0.6) is 0 Å². The van der Waals surface area contributed by atoms with Crippen LogP contribution < -0.4 is 9.80 Å². The van der Waals surface area contributed by atoms with Crippen molar-refractivity contribution in [3.63, 3.8) is 0 Å². The Balaban J connectivity index is 1.34. The molecule has 0 saturated heterocycles. The number of anilines is 5. The number of nitrogens with zero attached hydrogens (tertiary/aromatic N) is 2. The van der Waals surface area contributed by atoms with Gasteiger partial charge in [-0.1, -0.05) is 117 Å². The van der Waals surface area contributed by atoms with Crippen molar-refractivity contribution in [2.24, 2.45) is 0 Å². The molecule has 0 N–H and O–H groups in total. The Morgan fingerprint density at radius 3 is 1.76 bits per heavy atom. The molecule has 0 spiro atoms. The fourth-order valence-corrected chi connectivity index (χ4v) is 7.20. The maximum atomic E-state index is 2.46. The average molecular weight is 593 g/mol. The lowest BCUT2D eigenvalue weighted by Gasteiger charge is -2.30. The molecule has 2 aliphatic carbocycles. The van der Waals surface area contributed by atoms with Gasteiger partial charge in [-0.25, -0.2) is 0 Å². The summed E-state index contributed by atoms with van der Waals surface area (Å²) in [5.74, 6) is 0. The van der Waals surface area contributed by atoms with E-state index >= 15 is 0 Å². The first-order valence-electron chi connectivity index (χ1n) is 16.1. The van der Waals surface area contributed by atoms with Gasteiger partial charge in [-0.3, -0.25) is 0 Å². The number of benzene rings is 6. The molecule has 0 fully saturated rings. The van der Waals surface area contributed by atoms with Crippen LogP contribution in [-0.4, -0.2) is 0 Å². The monoisotopic (exact) mass is 592 g/mol. The van der Waals surface area contributed by atoms with E-state index in [9.17, 15) is 0 Å². The molecule has 6 aromatic carbocycles. The molecule has 8 rings (SSSR count). The first-order chi connectivity index (χ1) is 22.6. The summed E-state index contributed by atoms with van der Waals surface area (Å²) in [5.41, 5.74) is 12.1. The Hall–Kier alpha value is -5.60. The molecule has 0 unspecified atom stereocenters. The first-order valence-corrected chi connectivity index (χ1v) is 16.1. The first kappa shape index (κ1) is 27.9. The second-order valence-corrected chi connectivity index (χ2v) is 12.6. The Labute approximate surface area is 271 Å². The summed E-state index contributed by atoms with van der Waals surface area (Å²) in [6.07, 6.45) is 12.0. The summed E-state index contributed by atoms with van der Waals surface area (Å²) in [7, 11) is 0. The van der Waals surface area contributed by atoms with Crippen LogP contribution in [0.15, 0.2) is 176 Å². The van der Waals surface area contributed by atoms with E-state index in [0.29, 0.717) is 0 Å². The van der Waals surface area contributed by atoms with E-state index < -0.39 is 0 Å². The third-order valence-corrected chi connectivity index (χ3v) is 9.41. The van der Waals surface area contributed by atoms with Crippen LogP contribution in [0.4, 0.5) is 28.4 Å². The summed E-state index contributed by atoms with van der Waals surface area (Å²) < 4.78 is 0. The van der Waals surface area contributed by atoms with E-state index in [0.717, 1.165) is 34.9 Å². The lowest BCUT2D eigenvalue weighted by atomic mass is 9.81. The van der Waals surface area contributed by atoms with Gasteiger partial charge >= 0.3 is 0 Å². The molecule has 0 saturated carbocycles. The van der Waals surface area contributed by atoms with Gasteiger partial charge in [0.25, 0.3) is 0 Å². The summed E-state index contributed by atoms with van der Waals surface area (Å²) in [6, 6.07) is 50.5. The van der Waals surface area contributed by atoms with Crippen LogP contribution in [0, 0.1) is 0 Å². The molecular weight excluding hydrogens is 556 g/mol. The maximum absolute atomic E-state index is 2.46. The van der Waals surface area contributed by atoms with Gasteiger partial charge in [0.2, 0.25) is 0 Å². The van der Waals surface area contributed by atoms with Gasteiger partial charge in [0, 0.05) is 39.2 Å². The highest BCUT2D eigenvalue weighted by Gasteiger charge is 2.38. The van der Waals surface area contributed by atoms with E-state index in [1.54, 1.807) is 0 Å². The topological polar surface area (TPSA) is 6.48 Å². The highest BCUT2D eigenvalue weighted by Crippen LogP contribution is 2.55. The van der Waals surface area contributed by atoms with Crippen molar-refractivity contribution < 1.29 is 0 Å². The highest BCUT2D eigenvalue weighted by atomic mass is 15.2. The van der Waals surface area contributed by atoms with Crippen LogP contribution >= 0.6 is 0 Å². The Morgan fingerprint density at radius 1 is 0.522 bits per heavy atom. The number of allylic oxidation sites excluding steroid dienone is 5. The second-order valence-electron chi connectivity index (χ2n) is 12.6. The average Bonchev–Trinajstić information content (AvgIpc) is 3.25. The number of hydrogen-bond acceptors (Lipinski definition) is 2. The van der Waals surface area contributed by atoms with Gasteiger partial charge in [0.15, 0.2) is 0 Å². The van der Waals surface area contributed by atoms with E-state index in [2.05, 4.69) is 194 Å². The molecule has 2 aliphatic rings. The third kappa shape index (κ3) is 4.66. The predicted octanol–water partition coefficient (Wildman–Crippen LogP) is 12.2. The fraction of sp³-hybridized carbons (Fsp3) is 0.0909. The maximum Gasteiger partial charge on any atom is 0.0543 e. The molecule has 2 heteroatoms. The minimum atomic E-state index is -0.214. The van der Waals surface area contributed by atoms with Crippen LogP contribution in [0.25, 0.3) is 21.9 Å². The molecule has 46 heavy (non-hydrogen) atoms. The molecule has 0 aliphatic heterocycles. The van der Waals surface area contributed by atoms with Gasteiger partial charge in [-0.05, 0) is 101 Å². The second kappa shape index (κ2) is 11.4. The van der Waals surface area contributed by atoms with Crippen LogP contribution in [0.3, 0.4) is 0 Å². The molecular formula is C44H36N2. The molecule has 6 aromatic rings. The summed E-state index contributed by atoms with van der Waals surface area (Å²) in [6.45, 7) is 4.77. The fourth-order valence-electron chi connectivity index (χ4n) is 7.20. The highest BCUT2D eigenvalue weighted by molar-refractivity contribution is 6.09. The standard InChI is InChI=1S/C44H36N2/c1-44(2)40-30-36(45(32-18-10-5-11-19-32)33-20-12-6-13-21-33)28-29-39(40)43-38-27-17-16-26-37(38)42(31-41(43)44)46(35-24-14-7-15-25-35)34-22-8-3-4-9-23-34/h3,5-31H,4H2,1-2H3. The van der Waals surface area contributed by atoms with Crippen molar-refractivity contribution >= 4 is 39.2 Å². The minimum Gasteiger partial charge on any atom is -0.310 e. The zero-order chi connectivity index (χ0) is 31.1. The van der Waals surface area contributed by atoms with Crippen LogP contribution in [-0.2, 0) is 5.41 Å². The normalized spacial score (nSPS) is 14.3. The predicted molar refractivity (Wildman–Crippen MR) is 196 cm³/mol. The summed E-state index contributed by atoms with van der Waals surface area (Å²) >= 11 is 0. The number of para-hydroxylation sites is 3. The molecule has 222 valence electrons. The van der Waals surface area contributed by atoms with Crippen molar-refractivity contribution in [3.05, 3.63) is 187 Å². The molecule has 2 nitrogen and oxygen atoms in total. The van der Waals surface area contributed by atoms with Crippen molar-refractivity contribution in [1.29, 1.82) is 0 Å². The summed E-state index contributed by atoms with van der Waals surface area (Å²) in [4.78, 5) is 4.78. The van der Waals surface area contributed by atoms with E-state index in [1.165, 1.54) is 38.7 Å². The van der Waals surface area contributed by atoms with E-state index in [1.807, 2.05) is 0 Å². The van der Waals surface area contributed by atoms with Crippen LogP contribution in [0.1, 0.15) is 31.4 Å². The SMILES string of the molecule is CC1(C)c2cc(N(c3ccccc3)c3ccccc3)ccc2-c2c1cc(N(C1=CC=CCC=C1)c1ccccc1)c1ccccc21. The van der Waals surface area contributed by atoms with Gasteiger partial charge in [-0.15, -0.1) is 0 Å². The quantitative estimate of drug-likeness (QED) is 0.190. The Kier molecular flexibility index (Phi) is 6.92. The van der Waals surface area contributed by atoms with Crippen molar-refractivity contribution in [3.8, 4) is 11.1 Å². The Morgan fingerprint density at radius 2 is 1.11 bits per heavy atom. The summed E-state index contributed by atoms with van der Waals surface area (Å²) in [5, 5.41) is 2.53. The van der Waals surface area contributed by atoms with Crippen molar-refractivity contribution in [2.75, 3.05) is 9.80 Å².